The third-order valence-corrected chi connectivity index (χ3v) is 13.5. The molecule has 2 rings (SSSR count). The Hall–Kier alpha value is -8.52. The summed E-state index contributed by atoms with van der Waals surface area (Å²) in [6, 6.07) is -6.84. The normalized spacial score (nSPS) is 16.4. The molecule has 1 fully saturated rings. The quantitative estimate of drug-likeness (QED) is 0.0166. The van der Waals surface area contributed by atoms with E-state index >= 15 is 0 Å². The Morgan fingerprint density at radius 1 is 0.570 bits per heavy atom. The molecule has 86 heavy (non-hydrogen) atoms. The second kappa shape index (κ2) is 37.0. The van der Waals surface area contributed by atoms with Crippen molar-refractivity contribution in [2.75, 3.05) is 19.6 Å². The van der Waals surface area contributed by atoms with E-state index in [1.165, 1.54) is 6.92 Å². The second-order valence-electron chi connectivity index (χ2n) is 21.9. The molecule has 480 valence electrons. The number of nitrogens with zero attached hydrogens (tertiary/aromatic N) is 2. The average molecular weight is 1220 g/mol. The Kier molecular flexibility index (Phi) is 31.7. The number of hydrogen-bond donors (Lipinski definition) is 17. The van der Waals surface area contributed by atoms with Crippen LogP contribution in [0.4, 0.5) is 0 Å². The summed E-state index contributed by atoms with van der Waals surface area (Å²) in [7, 11) is 0. The molecule has 1 aromatic carbocycles. The standard InChI is InChI=1S/C54H88N16O16/c1-27(2)21-33(64-46(78)34(22-28(3)4)65-47(79)35(23-30-13-7-6-8-14-30)68-51(83)43(58)29(5)71)45(77)62-31(16-11-19-61-54(59)60)44(76)69-38(25-41(57)73)52(84)70-20-12-17-39(70)50(82)67-36(24-40(56)72)48(80)66-37(26-42(74)75)49(81)63-32(53(85)86)15-9-10-18-55/h6-8,13-14,27-29,31-39,43,71H,9-12,15-26,55,58H2,1-5H3,(H2,56,72)(H2,57,73)(H,62,77)(H,63,81)(H,64,78)(H,65,79)(H,66,80)(H,67,82)(H,68,83)(H,69,76)(H,74,75)(H,85,86)(H4,59,60,61)/t29?,31-,32-,33-,34-,35-,36-,37-,38-,39-,43-/m0/s1. The number of aliphatic hydroxyl groups excluding tert-OH is 1. The molecule has 1 aliphatic heterocycles. The van der Waals surface area contributed by atoms with Crippen LogP contribution < -0.4 is 76.9 Å². The molecular weight excluding hydrogens is 1130 g/mol. The third kappa shape index (κ3) is 26.6. The summed E-state index contributed by atoms with van der Waals surface area (Å²) in [4.78, 5) is 179. The first-order valence-electron chi connectivity index (χ1n) is 28.3. The number of likely N-dealkylation sites (tertiary alicyclic amines) is 1. The van der Waals surface area contributed by atoms with Crippen molar-refractivity contribution in [2.45, 2.75) is 185 Å². The minimum atomic E-state index is -1.93. The Balaban J connectivity index is 2.47. The second-order valence-corrected chi connectivity index (χ2v) is 21.9. The van der Waals surface area contributed by atoms with Crippen molar-refractivity contribution in [3.05, 3.63) is 35.9 Å². The Bertz CT molecular complexity index is 2550. The molecule has 11 amide bonds. The lowest BCUT2D eigenvalue weighted by Crippen LogP contribution is -2.61. The number of carboxylic acids is 2. The predicted octanol–water partition coefficient (Wildman–Crippen LogP) is -5.61. The van der Waals surface area contributed by atoms with Gasteiger partial charge in [-0.25, -0.2) is 4.79 Å². The van der Waals surface area contributed by atoms with Crippen molar-refractivity contribution in [1.82, 2.24) is 47.4 Å². The van der Waals surface area contributed by atoms with Crippen LogP contribution in [0.25, 0.3) is 0 Å². The molecular formula is C54H88N16O16. The van der Waals surface area contributed by atoms with Crippen LogP contribution in [0.5, 0.6) is 0 Å². The minimum absolute atomic E-state index is 0.0171. The molecule has 0 spiro atoms. The number of aliphatic hydroxyl groups is 1. The molecule has 1 saturated heterocycles. The number of carbonyl (C=O) groups excluding carboxylic acids is 11. The smallest absolute Gasteiger partial charge is 0.326 e. The number of aliphatic carboxylic acids is 2. The number of benzene rings is 1. The maximum absolute atomic E-state index is 14.4. The van der Waals surface area contributed by atoms with Crippen LogP contribution in [-0.4, -0.2) is 189 Å². The van der Waals surface area contributed by atoms with Crippen LogP contribution in [0.1, 0.15) is 117 Å². The van der Waals surface area contributed by atoms with Crippen molar-refractivity contribution >= 4 is 82.9 Å². The SMILES string of the molecule is CC(C)C[C@H](NC(=O)[C@H](CC(C)C)NC(=O)[C@H](Cc1ccccc1)NC(=O)[C@@H](N)C(C)O)C(=O)N[C@@H](CCCN=C(N)N)C(=O)N[C@@H](CC(N)=O)C(=O)N1CCC[C@H]1C(=O)N[C@@H](CC(N)=O)C(=O)N[C@@H](CC(=O)O)C(=O)N[C@@H](CCCCN)C(=O)O. The number of carbonyl (C=O) groups is 13. The van der Waals surface area contributed by atoms with Crippen LogP contribution in [0, 0.1) is 11.8 Å². The zero-order valence-corrected chi connectivity index (χ0v) is 49.2. The van der Waals surface area contributed by atoms with Crippen molar-refractivity contribution in [1.29, 1.82) is 0 Å². The van der Waals surface area contributed by atoms with Gasteiger partial charge in [-0.2, -0.15) is 0 Å². The van der Waals surface area contributed by atoms with Gasteiger partial charge in [0.05, 0.1) is 25.4 Å². The van der Waals surface area contributed by atoms with Gasteiger partial charge in [-0.3, -0.25) is 62.5 Å². The zero-order valence-electron chi connectivity index (χ0n) is 49.2. The molecule has 0 radical (unpaired) electrons. The molecule has 11 atom stereocenters. The highest BCUT2D eigenvalue weighted by Gasteiger charge is 2.42. The molecule has 23 N–H and O–H groups in total. The average Bonchev–Trinajstić information content (AvgIpc) is 3.66. The van der Waals surface area contributed by atoms with Crippen LogP contribution >= 0.6 is 0 Å². The molecule has 0 bridgehead atoms. The number of carboxylic acid groups (broad SMARTS) is 2. The van der Waals surface area contributed by atoms with Gasteiger partial charge in [0.1, 0.15) is 60.4 Å². The van der Waals surface area contributed by atoms with Gasteiger partial charge in [0.15, 0.2) is 5.96 Å². The summed E-state index contributed by atoms with van der Waals surface area (Å²) >= 11 is 0. The molecule has 1 aromatic rings. The number of hydrogen-bond acceptors (Lipinski definition) is 17. The fourth-order valence-electron chi connectivity index (χ4n) is 9.08. The first kappa shape index (κ1) is 73.6. The molecule has 32 heteroatoms. The highest BCUT2D eigenvalue weighted by atomic mass is 16.4. The van der Waals surface area contributed by atoms with Crippen molar-refractivity contribution in [2.24, 2.45) is 51.2 Å². The number of guanidine groups is 1. The van der Waals surface area contributed by atoms with Crippen LogP contribution in [0.15, 0.2) is 35.3 Å². The van der Waals surface area contributed by atoms with E-state index in [2.05, 4.69) is 47.5 Å². The van der Waals surface area contributed by atoms with E-state index in [1.54, 1.807) is 58.0 Å². The van der Waals surface area contributed by atoms with Crippen molar-refractivity contribution in [3.63, 3.8) is 0 Å². The van der Waals surface area contributed by atoms with Crippen LogP contribution in [0.3, 0.4) is 0 Å². The van der Waals surface area contributed by atoms with E-state index in [-0.39, 0.29) is 95.2 Å². The molecule has 1 unspecified atom stereocenters. The Morgan fingerprint density at radius 3 is 1.52 bits per heavy atom. The molecule has 1 aliphatic rings. The summed E-state index contributed by atoms with van der Waals surface area (Å²) in [5, 5.41) is 48.8. The van der Waals surface area contributed by atoms with Crippen molar-refractivity contribution in [3.8, 4) is 0 Å². The van der Waals surface area contributed by atoms with E-state index < -0.39 is 163 Å². The van der Waals surface area contributed by atoms with E-state index in [1.807, 2.05) is 0 Å². The molecule has 32 nitrogen and oxygen atoms in total. The Labute approximate surface area is 498 Å². The van der Waals surface area contributed by atoms with Gasteiger partial charge < -0.3 is 97.2 Å². The number of amides is 11. The van der Waals surface area contributed by atoms with E-state index in [4.69, 9.17) is 34.4 Å². The summed E-state index contributed by atoms with van der Waals surface area (Å²) in [5.74, 6) is -15.1. The maximum atomic E-state index is 14.4. The fraction of sp³-hybridized carbons (Fsp3) is 0.630. The number of primary amides is 2. The van der Waals surface area contributed by atoms with Gasteiger partial charge in [0.2, 0.25) is 65.0 Å². The number of nitrogens with two attached hydrogens (primary N) is 6. The Morgan fingerprint density at radius 2 is 1.02 bits per heavy atom. The molecule has 1 heterocycles. The van der Waals surface area contributed by atoms with Gasteiger partial charge in [0, 0.05) is 19.5 Å². The first-order valence-corrected chi connectivity index (χ1v) is 28.3. The monoisotopic (exact) mass is 1220 g/mol. The highest BCUT2D eigenvalue weighted by molar-refractivity contribution is 6.00. The summed E-state index contributed by atoms with van der Waals surface area (Å²) in [5.41, 5.74) is 34.0. The van der Waals surface area contributed by atoms with Gasteiger partial charge in [-0.1, -0.05) is 58.0 Å². The number of rotatable bonds is 39. The lowest BCUT2D eigenvalue weighted by molar-refractivity contribution is -0.144. The van der Waals surface area contributed by atoms with E-state index in [0.717, 1.165) is 4.90 Å². The third-order valence-electron chi connectivity index (χ3n) is 13.5. The summed E-state index contributed by atoms with van der Waals surface area (Å²) in [6.45, 7) is 8.36. The number of aliphatic imine (C=N–C) groups is 1. The topological polar surface area (TPSA) is 551 Å². The largest absolute Gasteiger partial charge is 0.481 e. The molecule has 0 saturated carbocycles. The van der Waals surface area contributed by atoms with Crippen LogP contribution in [-0.2, 0) is 68.7 Å². The van der Waals surface area contributed by atoms with Gasteiger partial charge >= 0.3 is 11.9 Å². The zero-order chi connectivity index (χ0) is 65.0. The van der Waals surface area contributed by atoms with Gasteiger partial charge in [-0.15, -0.1) is 0 Å². The lowest BCUT2D eigenvalue weighted by Gasteiger charge is -2.31. The molecule has 0 aliphatic carbocycles. The predicted molar refractivity (Wildman–Crippen MR) is 309 cm³/mol. The number of unbranched alkanes of at least 4 members (excludes halogenated alkanes) is 1. The summed E-state index contributed by atoms with van der Waals surface area (Å²) in [6.07, 6.45) is -3.64. The van der Waals surface area contributed by atoms with E-state index in [0.29, 0.717) is 12.0 Å². The lowest BCUT2D eigenvalue weighted by atomic mass is 9.98. The van der Waals surface area contributed by atoms with Gasteiger partial charge in [0.25, 0.3) is 0 Å². The maximum Gasteiger partial charge on any atom is 0.326 e. The van der Waals surface area contributed by atoms with E-state index in [9.17, 15) is 77.6 Å². The molecule has 0 aromatic heterocycles. The highest BCUT2D eigenvalue weighted by Crippen LogP contribution is 2.21. The number of nitrogens with one attached hydrogen (secondary N) is 8. The fourth-order valence-corrected chi connectivity index (χ4v) is 9.08. The van der Waals surface area contributed by atoms with Crippen molar-refractivity contribution < 1.29 is 77.6 Å². The first-order chi connectivity index (χ1) is 40.3. The van der Waals surface area contributed by atoms with Gasteiger partial charge in [-0.05, 0) is 88.7 Å². The summed E-state index contributed by atoms with van der Waals surface area (Å²) < 4.78 is 0. The minimum Gasteiger partial charge on any atom is -0.481 e. The van der Waals surface area contributed by atoms with Crippen LogP contribution in [0.2, 0.25) is 0 Å².